The molecule has 0 aliphatic carbocycles. The van der Waals surface area contributed by atoms with Crippen molar-refractivity contribution in [3.05, 3.63) is 101 Å². The number of nitrogen functional groups attached to an aromatic ring is 1. The molecule has 1 aromatic heterocycles. The van der Waals surface area contributed by atoms with Gasteiger partial charge in [-0.3, -0.25) is 5.41 Å². The quantitative estimate of drug-likeness (QED) is 0.216. The van der Waals surface area contributed by atoms with E-state index in [9.17, 15) is 0 Å². The van der Waals surface area contributed by atoms with Gasteiger partial charge in [0.05, 0.1) is 35.7 Å². The van der Waals surface area contributed by atoms with Crippen molar-refractivity contribution in [3.8, 4) is 29.0 Å². The van der Waals surface area contributed by atoms with Crippen LogP contribution in [0.5, 0.6) is 17.2 Å². The van der Waals surface area contributed by atoms with Crippen molar-refractivity contribution in [2.24, 2.45) is 5.73 Å². The molecule has 8 nitrogen and oxygen atoms in total. The van der Waals surface area contributed by atoms with Gasteiger partial charge >= 0.3 is 0 Å². The number of ether oxygens (including phenoxy) is 3. The van der Waals surface area contributed by atoms with Gasteiger partial charge in [0, 0.05) is 24.4 Å². The number of hydrogen-bond acceptors (Lipinski definition) is 6. The smallest absolute Gasteiger partial charge is 0.142 e. The number of nitrogens with one attached hydrogen (secondary N) is 2. The minimum Gasteiger partial charge on any atom is -0.489 e. The monoisotopic (exact) mass is 493 g/mol. The standard InChI is InChI=1S/C29H27N5O3/c1-18-26-25(17-35-18)34(28(29(31)32)27(26)33-2)21-9-11-22(12-10-21)37-24-8-4-7-23(14-24)36-16-20-6-3-5-19(13-20)15-30/h3-14,18,33H,16-17H2,1-2H3,(H3,31,32). The topological polar surface area (TPSA) is 118 Å². The maximum absolute atomic E-state index is 9.08. The number of rotatable bonds is 8. The first-order valence-electron chi connectivity index (χ1n) is 11.9. The molecule has 1 aliphatic heterocycles. The summed E-state index contributed by atoms with van der Waals surface area (Å²) in [5.41, 5.74) is 11.8. The van der Waals surface area contributed by atoms with E-state index in [0.29, 0.717) is 41.7 Å². The molecule has 5 rings (SSSR count). The van der Waals surface area contributed by atoms with Crippen LogP contribution in [0.2, 0.25) is 0 Å². The Bertz CT molecular complexity index is 1500. The Balaban J connectivity index is 1.34. The fourth-order valence-corrected chi connectivity index (χ4v) is 4.62. The number of amidine groups is 1. The maximum atomic E-state index is 9.08. The molecule has 3 aromatic carbocycles. The second-order valence-electron chi connectivity index (χ2n) is 8.71. The molecule has 8 heteroatoms. The summed E-state index contributed by atoms with van der Waals surface area (Å²) in [6, 6.07) is 24.5. The summed E-state index contributed by atoms with van der Waals surface area (Å²) >= 11 is 0. The molecule has 1 aliphatic rings. The highest BCUT2D eigenvalue weighted by Crippen LogP contribution is 2.42. The average Bonchev–Trinajstić information content (AvgIpc) is 3.45. The number of anilines is 1. The van der Waals surface area contributed by atoms with Crippen molar-refractivity contribution in [1.82, 2.24) is 4.57 Å². The van der Waals surface area contributed by atoms with E-state index in [0.717, 1.165) is 28.2 Å². The average molecular weight is 494 g/mol. The van der Waals surface area contributed by atoms with E-state index in [1.54, 1.807) is 6.07 Å². The SMILES string of the molecule is CNc1c2c(n(-c3ccc(Oc4cccc(OCc5cccc(C#N)c5)c4)cc3)c1C(=N)N)COC2C. The highest BCUT2D eigenvalue weighted by atomic mass is 16.5. The lowest BCUT2D eigenvalue weighted by atomic mass is 10.1. The van der Waals surface area contributed by atoms with Crippen LogP contribution in [0.15, 0.2) is 72.8 Å². The summed E-state index contributed by atoms with van der Waals surface area (Å²) in [5.74, 6) is 1.96. The highest BCUT2D eigenvalue weighted by molar-refractivity contribution is 6.01. The third kappa shape index (κ3) is 4.73. The molecule has 0 spiro atoms. The second-order valence-corrected chi connectivity index (χ2v) is 8.71. The van der Waals surface area contributed by atoms with Gasteiger partial charge in [-0.1, -0.05) is 18.2 Å². The van der Waals surface area contributed by atoms with Gasteiger partial charge in [-0.25, -0.2) is 0 Å². The Morgan fingerprint density at radius 2 is 1.86 bits per heavy atom. The fourth-order valence-electron chi connectivity index (χ4n) is 4.62. The van der Waals surface area contributed by atoms with Crippen LogP contribution in [0.1, 0.15) is 41.1 Å². The zero-order valence-corrected chi connectivity index (χ0v) is 20.6. The molecule has 0 saturated carbocycles. The Morgan fingerprint density at radius 3 is 2.59 bits per heavy atom. The summed E-state index contributed by atoms with van der Waals surface area (Å²) in [6.45, 7) is 2.80. The number of nitrogens with two attached hydrogens (primary N) is 1. The van der Waals surface area contributed by atoms with Gasteiger partial charge in [-0.15, -0.1) is 0 Å². The maximum Gasteiger partial charge on any atom is 0.142 e. The van der Waals surface area contributed by atoms with E-state index >= 15 is 0 Å². The van der Waals surface area contributed by atoms with E-state index in [4.69, 9.17) is 30.6 Å². The van der Waals surface area contributed by atoms with Crippen LogP contribution >= 0.6 is 0 Å². The van der Waals surface area contributed by atoms with Crippen LogP contribution in [-0.4, -0.2) is 17.5 Å². The number of fused-ring (bicyclic) bond motifs is 1. The van der Waals surface area contributed by atoms with E-state index in [2.05, 4.69) is 11.4 Å². The molecule has 0 radical (unpaired) electrons. The van der Waals surface area contributed by atoms with Crippen molar-refractivity contribution in [2.75, 3.05) is 12.4 Å². The largest absolute Gasteiger partial charge is 0.489 e. The first kappa shape index (κ1) is 24.0. The van der Waals surface area contributed by atoms with E-state index in [-0.39, 0.29) is 11.9 Å². The number of hydrogen-bond donors (Lipinski definition) is 3. The van der Waals surface area contributed by atoms with E-state index in [1.807, 2.05) is 85.3 Å². The molecule has 1 unspecified atom stereocenters. The molecule has 4 N–H and O–H groups in total. The summed E-state index contributed by atoms with van der Waals surface area (Å²) in [7, 11) is 1.83. The lowest BCUT2D eigenvalue weighted by Gasteiger charge is -2.15. The van der Waals surface area contributed by atoms with E-state index in [1.165, 1.54) is 0 Å². The summed E-state index contributed by atoms with van der Waals surface area (Å²) < 4.78 is 19.8. The third-order valence-electron chi connectivity index (χ3n) is 6.29. The molecule has 37 heavy (non-hydrogen) atoms. The Morgan fingerprint density at radius 1 is 1.11 bits per heavy atom. The molecule has 186 valence electrons. The zero-order valence-electron chi connectivity index (χ0n) is 20.6. The predicted molar refractivity (Wildman–Crippen MR) is 142 cm³/mol. The van der Waals surface area contributed by atoms with Crippen LogP contribution in [0.3, 0.4) is 0 Å². The Hall–Kier alpha value is -4.74. The molecule has 0 bridgehead atoms. The van der Waals surface area contributed by atoms with Gasteiger partial charge in [0.2, 0.25) is 0 Å². The van der Waals surface area contributed by atoms with E-state index < -0.39 is 0 Å². The van der Waals surface area contributed by atoms with Gasteiger partial charge in [-0.2, -0.15) is 5.26 Å². The number of nitrogens with zero attached hydrogens (tertiary/aromatic N) is 2. The van der Waals surface area contributed by atoms with Gasteiger partial charge in [0.15, 0.2) is 0 Å². The molecule has 1 atom stereocenters. The van der Waals surface area contributed by atoms with Crippen LogP contribution in [0.4, 0.5) is 5.69 Å². The summed E-state index contributed by atoms with van der Waals surface area (Å²) in [6.07, 6.45) is -0.0795. The Labute approximate surface area is 215 Å². The van der Waals surface area contributed by atoms with Crippen LogP contribution < -0.4 is 20.5 Å². The molecule has 2 heterocycles. The van der Waals surface area contributed by atoms with Crippen molar-refractivity contribution in [1.29, 1.82) is 10.7 Å². The number of nitriles is 1. The molecule has 0 fully saturated rings. The predicted octanol–water partition coefficient (Wildman–Crippen LogP) is 5.64. The van der Waals surface area contributed by atoms with Crippen molar-refractivity contribution >= 4 is 11.5 Å². The molecule has 0 amide bonds. The second kappa shape index (κ2) is 10.1. The number of benzene rings is 3. The summed E-state index contributed by atoms with van der Waals surface area (Å²) in [4.78, 5) is 0. The fraction of sp³-hybridized carbons (Fsp3) is 0.172. The van der Waals surface area contributed by atoms with Crippen LogP contribution in [0.25, 0.3) is 5.69 Å². The van der Waals surface area contributed by atoms with Crippen molar-refractivity contribution < 1.29 is 14.2 Å². The molecular weight excluding hydrogens is 466 g/mol. The first-order valence-corrected chi connectivity index (χ1v) is 11.9. The Kier molecular flexibility index (Phi) is 6.54. The van der Waals surface area contributed by atoms with Gasteiger partial charge < -0.3 is 29.8 Å². The zero-order chi connectivity index (χ0) is 25.9. The van der Waals surface area contributed by atoms with Crippen LogP contribution in [0, 0.1) is 16.7 Å². The normalized spacial score (nSPS) is 14.0. The third-order valence-corrected chi connectivity index (χ3v) is 6.29. The summed E-state index contributed by atoms with van der Waals surface area (Å²) in [5, 5.41) is 20.5. The minimum absolute atomic E-state index is 0.0116. The highest BCUT2D eigenvalue weighted by Gasteiger charge is 2.32. The molecular formula is C29H27N5O3. The molecule has 4 aromatic rings. The lowest BCUT2D eigenvalue weighted by Crippen LogP contribution is -2.19. The van der Waals surface area contributed by atoms with Gasteiger partial charge in [0.1, 0.15) is 35.4 Å². The number of aromatic nitrogens is 1. The first-order chi connectivity index (χ1) is 18.0. The lowest BCUT2D eigenvalue weighted by molar-refractivity contribution is 0.0778. The minimum atomic E-state index is -0.0795. The van der Waals surface area contributed by atoms with Crippen LogP contribution in [-0.2, 0) is 18.0 Å². The van der Waals surface area contributed by atoms with Gasteiger partial charge in [-0.05, 0) is 61.0 Å². The van der Waals surface area contributed by atoms with Crippen molar-refractivity contribution in [2.45, 2.75) is 26.2 Å². The van der Waals surface area contributed by atoms with Gasteiger partial charge in [0.25, 0.3) is 0 Å². The van der Waals surface area contributed by atoms with Crippen molar-refractivity contribution in [3.63, 3.8) is 0 Å². The molecule has 0 saturated heterocycles.